The Bertz CT molecular complexity index is 668. The topological polar surface area (TPSA) is 20.3 Å². The molecule has 0 unspecified atom stereocenters. The van der Waals surface area contributed by atoms with Gasteiger partial charge in [0.05, 0.1) is 5.56 Å². The van der Waals surface area contributed by atoms with Gasteiger partial charge in [-0.25, -0.2) is 4.39 Å². The van der Waals surface area contributed by atoms with E-state index in [4.69, 9.17) is 0 Å². The van der Waals surface area contributed by atoms with E-state index in [0.717, 1.165) is 6.07 Å². The van der Waals surface area contributed by atoms with Crippen LogP contribution in [-0.4, -0.2) is 12.5 Å². The number of rotatable bonds is 3. The molecular formula is C16H13F4NO. The van der Waals surface area contributed by atoms with Gasteiger partial charge in [0.25, 0.3) is 5.91 Å². The van der Waals surface area contributed by atoms with Crippen molar-refractivity contribution in [2.24, 2.45) is 0 Å². The van der Waals surface area contributed by atoms with Gasteiger partial charge in [-0.1, -0.05) is 18.2 Å². The molecule has 0 fully saturated rings. The molecule has 0 aliphatic carbocycles. The number of alkyl halides is 3. The number of halogens is 4. The Labute approximate surface area is 125 Å². The second-order valence-corrected chi connectivity index (χ2v) is 4.58. The average Bonchev–Trinajstić information content (AvgIpc) is 2.48. The monoisotopic (exact) mass is 311 g/mol. The standard InChI is InChI=1S/C16H13F4NO/c1-2-21(12-6-4-3-5-7-12)15(22)11-8-9-14(17)13(10-11)16(18,19)20/h3-10H,2H2,1H3. The number of carbonyl (C=O) groups excluding carboxylic acids is 1. The summed E-state index contributed by atoms with van der Waals surface area (Å²) < 4.78 is 51.5. The van der Waals surface area contributed by atoms with Crippen molar-refractivity contribution >= 4 is 11.6 Å². The van der Waals surface area contributed by atoms with Gasteiger partial charge in [0.1, 0.15) is 5.82 Å². The Morgan fingerprint density at radius 3 is 2.27 bits per heavy atom. The first-order valence-corrected chi connectivity index (χ1v) is 6.58. The molecule has 0 spiro atoms. The van der Waals surface area contributed by atoms with Crippen molar-refractivity contribution in [3.63, 3.8) is 0 Å². The van der Waals surface area contributed by atoms with Crippen LogP contribution in [0, 0.1) is 5.82 Å². The van der Waals surface area contributed by atoms with E-state index in [0.29, 0.717) is 17.8 Å². The van der Waals surface area contributed by atoms with E-state index >= 15 is 0 Å². The zero-order valence-electron chi connectivity index (χ0n) is 11.7. The minimum Gasteiger partial charge on any atom is -0.309 e. The third-order valence-electron chi connectivity index (χ3n) is 3.15. The van der Waals surface area contributed by atoms with Crippen molar-refractivity contribution in [2.75, 3.05) is 11.4 Å². The smallest absolute Gasteiger partial charge is 0.309 e. The maximum atomic E-state index is 13.3. The summed E-state index contributed by atoms with van der Waals surface area (Å²) in [7, 11) is 0. The Kier molecular flexibility index (Phi) is 4.49. The molecule has 0 aliphatic heterocycles. The molecular weight excluding hydrogens is 298 g/mol. The molecule has 2 aromatic rings. The van der Waals surface area contributed by atoms with Gasteiger partial charge in [-0.2, -0.15) is 13.2 Å². The van der Waals surface area contributed by atoms with Crippen LogP contribution in [0.4, 0.5) is 23.2 Å². The first-order chi connectivity index (χ1) is 10.3. The molecule has 0 radical (unpaired) electrons. The molecule has 22 heavy (non-hydrogen) atoms. The van der Waals surface area contributed by atoms with Gasteiger partial charge < -0.3 is 4.90 Å². The van der Waals surface area contributed by atoms with Crippen molar-refractivity contribution in [1.82, 2.24) is 0 Å². The summed E-state index contributed by atoms with van der Waals surface area (Å²) in [4.78, 5) is 13.7. The first-order valence-electron chi connectivity index (χ1n) is 6.58. The lowest BCUT2D eigenvalue weighted by molar-refractivity contribution is -0.140. The van der Waals surface area contributed by atoms with Crippen LogP contribution < -0.4 is 4.90 Å². The third kappa shape index (κ3) is 3.27. The zero-order chi connectivity index (χ0) is 16.3. The normalized spacial score (nSPS) is 11.3. The average molecular weight is 311 g/mol. The molecule has 1 amide bonds. The highest BCUT2D eigenvalue weighted by molar-refractivity contribution is 6.06. The van der Waals surface area contributed by atoms with Crippen LogP contribution in [-0.2, 0) is 6.18 Å². The number of benzene rings is 2. The summed E-state index contributed by atoms with van der Waals surface area (Å²) >= 11 is 0. The first kappa shape index (κ1) is 16.0. The summed E-state index contributed by atoms with van der Waals surface area (Å²) in [6.45, 7) is 1.99. The van der Waals surface area contributed by atoms with Gasteiger partial charge in [-0.15, -0.1) is 0 Å². The number of hydrogen-bond donors (Lipinski definition) is 0. The lowest BCUT2D eigenvalue weighted by Gasteiger charge is -2.21. The van der Waals surface area contributed by atoms with Gasteiger partial charge >= 0.3 is 6.18 Å². The molecule has 0 saturated carbocycles. The Morgan fingerprint density at radius 1 is 1.09 bits per heavy atom. The van der Waals surface area contributed by atoms with Crippen LogP contribution in [0.5, 0.6) is 0 Å². The van der Waals surface area contributed by atoms with Crippen molar-refractivity contribution in [1.29, 1.82) is 0 Å². The second kappa shape index (κ2) is 6.17. The van der Waals surface area contributed by atoms with Gasteiger partial charge in [0.15, 0.2) is 0 Å². The van der Waals surface area contributed by atoms with E-state index in [1.54, 1.807) is 37.3 Å². The molecule has 0 saturated heterocycles. The van der Waals surface area contributed by atoms with E-state index in [1.807, 2.05) is 0 Å². The second-order valence-electron chi connectivity index (χ2n) is 4.58. The van der Waals surface area contributed by atoms with E-state index in [2.05, 4.69) is 0 Å². The van der Waals surface area contributed by atoms with E-state index in [9.17, 15) is 22.4 Å². The van der Waals surface area contributed by atoms with Gasteiger partial charge in [-0.05, 0) is 37.3 Å². The maximum Gasteiger partial charge on any atom is 0.419 e. The van der Waals surface area contributed by atoms with Gasteiger partial charge in [-0.3, -0.25) is 4.79 Å². The Hall–Kier alpha value is -2.37. The highest BCUT2D eigenvalue weighted by atomic mass is 19.4. The van der Waals surface area contributed by atoms with Crippen LogP contribution in [0.1, 0.15) is 22.8 Å². The molecule has 2 rings (SSSR count). The highest BCUT2D eigenvalue weighted by Gasteiger charge is 2.35. The lowest BCUT2D eigenvalue weighted by atomic mass is 10.1. The largest absolute Gasteiger partial charge is 0.419 e. The Balaban J connectivity index is 2.41. The van der Waals surface area contributed by atoms with Crippen LogP contribution in [0.15, 0.2) is 48.5 Å². The molecule has 0 N–H and O–H groups in total. The number of hydrogen-bond acceptors (Lipinski definition) is 1. The minimum absolute atomic E-state index is 0.209. The van der Waals surface area contributed by atoms with Gasteiger partial charge in [0.2, 0.25) is 0 Å². The van der Waals surface area contributed by atoms with Crippen molar-refractivity contribution in [2.45, 2.75) is 13.1 Å². The summed E-state index contributed by atoms with van der Waals surface area (Å²) in [6.07, 6.45) is -4.84. The van der Waals surface area contributed by atoms with Gasteiger partial charge in [0, 0.05) is 17.8 Å². The number of nitrogens with zero attached hydrogens (tertiary/aromatic N) is 1. The highest BCUT2D eigenvalue weighted by Crippen LogP contribution is 2.32. The predicted octanol–water partition coefficient (Wildman–Crippen LogP) is 4.51. The number of carbonyl (C=O) groups is 1. The zero-order valence-corrected chi connectivity index (χ0v) is 11.7. The van der Waals surface area contributed by atoms with Crippen molar-refractivity contribution in [3.8, 4) is 0 Å². The van der Waals surface area contributed by atoms with E-state index < -0.39 is 23.5 Å². The number of anilines is 1. The summed E-state index contributed by atoms with van der Waals surface area (Å²) in [6, 6.07) is 10.8. The summed E-state index contributed by atoms with van der Waals surface area (Å²) in [5.74, 6) is -2.01. The van der Waals surface area contributed by atoms with Crippen molar-refractivity contribution < 1.29 is 22.4 Å². The van der Waals surface area contributed by atoms with Crippen molar-refractivity contribution in [3.05, 3.63) is 65.5 Å². The molecule has 0 aliphatic rings. The summed E-state index contributed by atoms with van der Waals surface area (Å²) in [5, 5.41) is 0. The lowest BCUT2D eigenvalue weighted by Crippen LogP contribution is -2.30. The minimum atomic E-state index is -4.84. The predicted molar refractivity (Wildman–Crippen MR) is 75.2 cm³/mol. The molecule has 116 valence electrons. The number of amides is 1. The van der Waals surface area contributed by atoms with Crippen LogP contribution in [0.3, 0.4) is 0 Å². The van der Waals surface area contributed by atoms with Crippen LogP contribution in [0.2, 0.25) is 0 Å². The fraction of sp³-hybridized carbons (Fsp3) is 0.188. The molecule has 0 heterocycles. The molecule has 0 bridgehead atoms. The van der Waals surface area contributed by atoms with Crippen LogP contribution in [0.25, 0.3) is 0 Å². The fourth-order valence-corrected chi connectivity index (χ4v) is 2.08. The van der Waals surface area contributed by atoms with E-state index in [1.165, 1.54) is 4.90 Å². The number of para-hydroxylation sites is 1. The molecule has 0 atom stereocenters. The van der Waals surface area contributed by atoms with Crippen LogP contribution >= 0.6 is 0 Å². The molecule has 2 nitrogen and oxygen atoms in total. The molecule has 2 aromatic carbocycles. The summed E-state index contributed by atoms with van der Waals surface area (Å²) in [5.41, 5.74) is -1.09. The molecule has 6 heteroatoms. The molecule has 0 aromatic heterocycles. The SMILES string of the molecule is CCN(C(=O)c1ccc(F)c(C(F)(F)F)c1)c1ccccc1. The third-order valence-corrected chi connectivity index (χ3v) is 3.15. The van der Waals surface area contributed by atoms with E-state index in [-0.39, 0.29) is 12.1 Å². The fourth-order valence-electron chi connectivity index (χ4n) is 2.08. The quantitative estimate of drug-likeness (QED) is 0.764. The maximum absolute atomic E-state index is 13.3. The Morgan fingerprint density at radius 2 is 1.73 bits per heavy atom.